The molecule has 0 saturated carbocycles. The van der Waals surface area contributed by atoms with Crippen molar-refractivity contribution in [2.24, 2.45) is 0 Å². The molecule has 2 nitrogen and oxygen atoms in total. The molecule has 2 rings (SSSR count). The van der Waals surface area contributed by atoms with Gasteiger partial charge in [0.2, 0.25) is 0 Å². The SMILES string of the molecule is CC(NC(=O)c1ccc(Br)cc1F)c1ccc(Cl)cc1Cl. The van der Waals surface area contributed by atoms with E-state index in [0.29, 0.717) is 20.1 Å². The van der Waals surface area contributed by atoms with Gasteiger partial charge in [0.25, 0.3) is 5.91 Å². The summed E-state index contributed by atoms with van der Waals surface area (Å²) < 4.78 is 14.3. The predicted molar refractivity (Wildman–Crippen MR) is 86.4 cm³/mol. The number of hydrogen-bond acceptors (Lipinski definition) is 1. The van der Waals surface area contributed by atoms with Crippen molar-refractivity contribution in [2.75, 3.05) is 0 Å². The van der Waals surface area contributed by atoms with E-state index in [4.69, 9.17) is 23.2 Å². The smallest absolute Gasteiger partial charge is 0.254 e. The second kappa shape index (κ2) is 6.77. The van der Waals surface area contributed by atoms with Gasteiger partial charge in [0.15, 0.2) is 0 Å². The van der Waals surface area contributed by atoms with Crippen LogP contribution in [0, 0.1) is 5.82 Å². The molecule has 0 aliphatic heterocycles. The van der Waals surface area contributed by atoms with Crippen LogP contribution >= 0.6 is 39.1 Å². The van der Waals surface area contributed by atoms with E-state index in [1.54, 1.807) is 31.2 Å². The average Bonchev–Trinajstić information content (AvgIpc) is 2.37. The molecular weight excluding hydrogens is 380 g/mol. The Morgan fingerprint density at radius 1 is 1.24 bits per heavy atom. The lowest BCUT2D eigenvalue weighted by molar-refractivity contribution is 0.0936. The highest BCUT2D eigenvalue weighted by Crippen LogP contribution is 2.26. The summed E-state index contributed by atoms with van der Waals surface area (Å²) in [5, 5.41) is 3.68. The van der Waals surface area contributed by atoms with Crippen molar-refractivity contribution in [1.29, 1.82) is 0 Å². The maximum atomic E-state index is 13.8. The molecule has 1 N–H and O–H groups in total. The first-order valence-corrected chi connectivity index (χ1v) is 7.64. The lowest BCUT2D eigenvalue weighted by atomic mass is 10.1. The number of carbonyl (C=O) groups is 1. The van der Waals surface area contributed by atoms with Crippen molar-refractivity contribution in [3.63, 3.8) is 0 Å². The van der Waals surface area contributed by atoms with Crippen molar-refractivity contribution >= 4 is 45.0 Å². The fourth-order valence-corrected chi connectivity index (χ4v) is 2.78. The Balaban J connectivity index is 2.18. The van der Waals surface area contributed by atoms with E-state index in [-0.39, 0.29) is 11.6 Å². The van der Waals surface area contributed by atoms with Gasteiger partial charge in [0.1, 0.15) is 5.82 Å². The van der Waals surface area contributed by atoms with E-state index < -0.39 is 11.7 Å². The quantitative estimate of drug-likeness (QED) is 0.748. The van der Waals surface area contributed by atoms with E-state index in [2.05, 4.69) is 21.2 Å². The maximum absolute atomic E-state index is 13.8. The van der Waals surface area contributed by atoms with Crippen LogP contribution in [0.1, 0.15) is 28.9 Å². The van der Waals surface area contributed by atoms with Gasteiger partial charge in [0, 0.05) is 14.5 Å². The van der Waals surface area contributed by atoms with Crippen LogP contribution in [0.5, 0.6) is 0 Å². The molecule has 0 saturated heterocycles. The number of benzene rings is 2. The molecule has 1 amide bonds. The van der Waals surface area contributed by atoms with Gasteiger partial charge < -0.3 is 5.32 Å². The molecule has 1 unspecified atom stereocenters. The topological polar surface area (TPSA) is 29.1 Å². The molecular formula is C15H11BrCl2FNO. The maximum Gasteiger partial charge on any atom is 0.254 e. The van der Waals surface area contributed by atoms with Gasteiger partial charge in [-0.1, -0.05) is 45.2 Å². The van der Waals surface area contributed by atoms with Gasteiger partial charge in [-0.2, -0.15) is 0 Å². The third kappa shape index (κ3) is 3.96. The van der Waals surface area contributed by atoms with E-state index in [0.717, 1.165) is 0 Å². The first-order chi connectivity index (χ1) is 9.88. The minimum absolute atomic E-state index is 0.0184. The van der Waals surface area contributed by atoms with Crippen LogP contribution in [0.25, 0.3) is 0 Å². The summed E-state index contributed by atoms with van der Waals surface area (Å²) in [6.07, 6.45) is 0. The predicted octanol–water partition coefficient (Wildman–Crippen LogP) is 5.39. The number of nitrogens with one attached hydrogen (secondary N) is 1. The second-order valence-corrected chi connectivity index (χ2v) is 6.24. The van der Waals surface area contributed by atoms with Crippen LogP contribution in [-0.2, 0) is 0 Å². The Bertz CT molecular complexity index is 693. The van der Waals surface area contributed by atoms with Crippen molar-refractivity contribution in [2.45, 2.75) is 13.0 Å². The van der Waals surface area contributed by atoms with E-state index >= 15 is 0 Å². The summed E-state index contributed by atoms with van der Waals surface area (Å²) >= 11 is 15.1. The van der Waals surface area contributed by atoms with Crippen molar-refractivity contribution in [3.8, 4) is 0 Å². The van der Waals surface area contributed by atoms with Gasteiger partial charge in [-0.3, -0.25) is 4.79 Å². The van der Waals surface area contributed by atoms with Crippen LogP contribution in [-0.4, -0.2) is 5.91 Å². The molecule has 110 valence electrons. The Kier molecular flexibility index (Phi) is 5.25. The fourth-order valence-electron chi connectivity index (χ4n) is 1.88. The molecule has 0 radical (unpaired) electrons. The first kappa shape index (κ1) is 16.3. The minimum atomic E-state index is -0.587. The zero-order valence-electron chi connectivity index (χ0n) is 11.0. The van der Waals surface area contributed by atoms with E-state index in [9.17, 15) is 9.18 Å². The molecule has 0 bridgehead atoms. The molecule has 0 aliphatic rings. The molecule has 0 heterocycles. The third-order valence-electron chi connectivity index (χ3n) is 2.95. The molecule has 0 aliphatic carbocycles. The number of halogens is 4. The zero-order chi connectivity index (χ0) is 15.6. The molecule has 2 aromatic rings. The average molecular weight is 391 g/mol. The minimum Gasteiger partial charge on any atom is -0.345 e. The summed E-state index contributed by atoms with van der Waals surface area (Å²) in [4.78, 5) is 12.1. The summed E-state index contributed by atoms with van der Waals surface area (Å²) in [5.74, 6) is -1.09. The van der Waals surface area contributed by atoms with Crippen LogP contribution in [0.4, 0.5) is 4.39 Å². The second-order valence-electron chi connectivity index (χ2n) is 4.49. The van der Waals surface area contributed by atoms with Crippen LogP contribution in [0.3, 0.4) is 0 Å². The van der Waals surface area contributed by atoms with Gasteiger partial charge in [-0.25, -0.2) is 4.39 Å². The summed E-state index contributed by atoms with van der Waals surface area (Å²) in [6, 6.07) is 8.92. The third-order valence-corrected chi connectivity index (χ3v) is 4.01. The Morgan fingerprint density at radius 2 is 1.95 bits per heavy atom. The molecule has 0 fully saturated rings. The lowest BCUT2D eigenvalue weighted by Crippen LogP contribution is -2.27. The highest BCUT2D eigenvalue weighted by atomic mass is 79.9. The fraction of sp³-hybridized carbons (Fsp3) is 0.133. The molecule has 21 heavy (non-hydrogen) atoms. The molecule has 6 heteroatoms. The number of rotatable bonds is 3. The van der Waals surface area contributed by atoms with Crippen LogP contribution < -0.4 is 5.32 Å². The van der Waals surface area contributed by atoms with Crippen LogP contribution in [0.15, 0.2) is 40.9 Å². The molecule has 0 aromatic heterocycles. The van der Waals surface area contributed by atoms with Gasteiger partial charge in [-0.05, 0) is 42.8 Å². The number of carbonyl (C=O) groups excluding carboxylic acids is 1. The molecule has 1 atom stereocenters. The van der Waals surface area contributed by atoms with Crippen molar-refractivity contribution < 1.29 is 9.18 Å². The monoisotopic (exact) mass is 389 g/mol. The van der Waals surface area contributed by atoms with Crippen LogP contribution in [0.2, 0.25) is 10.0 Å². The Morgan fingerprint density at radius 3 is 2.57 bits per heavy atom. The zero-order valence-corrected chi connectivity index (χ0v) is 14.1. The van der Waals surface area contributed by atoms with Gasteiger partial charge in [-0.15, -0.1) is 0 Å². The Labute approximate surface area is 140 Å². The molecule has 0 spiro atoms. The van der Waals surface area contributed by atoms with Crippen molar-refractivity contribution in [1.82, 2.24) is 5.32 Å². The van der Waals surface area contributed by atoms with E-state index in [1.165, 1.54) is 12.1 Å². The first-order valence-electron chi connectivity index (χ1n) is 6.09. The number of hydrogen-bond donors (Lipinski definition) is 1. The normalized spacial score (nSPS) is 12.0. The van der Waals surface area contributed by atoms with E-state index in [1.807, 2.05) is 0 Å². The van der Waals surface area contributed by atoms with Crippen molar-refractivity contribution in [3.05, 3.63) is 67.9 Å². The summed E-state index contributed by atoms with van der Waals surface area (Å²) in [6.45, 7) is 1.77. The molecule has 2 aromatic carbocycles. The highest BCUT2D eigenvalue weighted by molar-refractivity contribution is 9.10. The highest BCUT2D eigenvalue weighted by Gasteiger charge is 2.17. The van der Waals surface area contributed by atoms with Gasteiger partial charge >= 0.3 is 0 Å². The standard InChI is InChI=1S/C15H11BrCl2FNO/c1-8(11-5-3-10(17)7-13(11)18)20-15(21)12-4-2-9(16)6-14(12)19/h2-8H,1H3,(H,20,21). The lowest BCUT2D eigenvalue weighted by Gasteiger charge is -2.16. The Hall–Kier alpha value is -1.10. The summed E-state index contributed by atoms with van der Waals surface area (Å²) in [7, 11) is 0. The van der Waals surface area contributed by atoms with Gasteiger partial charge in [0.05, 0.1) is 11.6 Å². The largest absolute Gasteiger partial charge is 0.345 e. The summed E-state index contributed by atoms with van der Waals surface area (Å²) in [5.41, 5.74) is 0.696. The number of amides is 1.